The predicted molar refractivity (Wildman–Crippen MR) is 67.4 cm³/mol. The molecule has 4 nitrogen and oxygen atoms in total. The zero-order valence-electron chi connectivity index (χ0n) is 10.1. The summed E-state index contributed by atoms with van der Waals surface area (Å²) in [6.45, 7) is 1.34. The SMILES string of the molecule is O[C@@H]1CCc2cc(OCCn3cccn3)ccc21. The van der Waals surface area contributed by atoms with Crippen LogP contribution in [0.25, 0.3) is 0 Å². The molecule has 1 aromatic heterocycles. The van der Waals surface area contributed by atoms with Gasteiger partial charge >= 0.3 is 0 Å². The van der Waals surface area contributed by atoms with E-state index in [4.69, 9.17) is 4.74 Å². The van der Waals surface area contributed by atoms with Crippen molar-refractivity contribution in [3.63, 3.8) is 0 Å². The maximum Gasteiger partial charge on any atom is 0.119 e. The Hall–Kier alpha value is -1.81. The van der Waals surface area contributed by atoms with Gasteiger partial charge in [0.15, 0.2) is 0 Å². The zero-order valence-corrected chi connectivity index (χ0v) is 10.1. The standard InChI is InChI=1S/C14H16N2O2/c17-14-5-2-11-10-12(3-4-13(11)14)18-9-8-16-7-1-6-15-16/h1,3-4,6-7,10,14,17H,2,5,8-9H2/t14-/m1/s1. The van der Waals surface area contributed by atoms with Gasteiger partial charge in [0, 0.05) is 12.4 Å². The number of hydrogen-bond acceptors (Lipinski definition) is 3. The highest BCUT2D eigenvalue weighted by molar-refractivity contribution is 5.39. The van der Waals surface area contributed by atoms with Gasteiger partial charge < -0.3 is 9.84 Å². The molecule has 3 rings (SSSR count). The lowest BCUT2D eigenvalue weighted by atomic mass is 10.1. The van der Waals surface area contributed by atoms with Gasteiger partial charge in [0.1, 0.15) is 12.4 Å². The lowest BCUT2D eigenvalue weighted by molar-refractivity contribution is 0.180. The van der Waals surface area contributed by atoms with E-state index in [-0.39, 0.29) is 6.10 Å². The van der Waals surface area contributed by atoms with Crippen LogP contribution >= 0.6 is 0 Å². The number of ether oxygens (including phenoxy) is 1. The van der Waals surface area contributed by atoms with E-state index in [2.05, 4.69) is 5.10 Å². The van der Waals surface area contributed by atoms with Crippen molar-refractivity contribution in [1.29, 1.82) is 0 Å². The van der Waals surface area contributed by atoms with Gasteiger partial charge in [0.05, 0.1) is 12.6 Å². The highest BCUT2D eigenvalue weighted by Gasteiger charge is 2.20. The highest BCUT2D eigenvalue weighted by Crippen LogP contribution is 2.33. The number of nitrogens with zero attached hydrogens (tertiary/aromatic N) is 2. The zero-order chi connectivity index (χ0) is 12.4. The van der Waals surface area contributed by atoms with Crippen molar-refractivity contribution in [1.82, 2.24) is 9.78 Å². The second-order valence-electron chi connectivity index (χ2n) is 4.53. The van der Waals surface area contributed by atoms with Gasteiger partial charge in [0.25, 0.3) is 0 Å². The molecular formula is C14H16N2O2. The summed E-state index contributed by atoms with van der Waals surface area (Å²) in [5.74, 6) is 0.870. The van der Waals surface area contributed by atoms with Gasteiger partial charge in [-0.05, 0) is 42.2 Å². The maximum atomic E-state index is 9.72. The molecule has 4 heteroatoms. The normalized spacial score (nSPS) is 17.7. The molecule has 0 amide bonds. The number of rotatable bonds is 4. The molecule has 1 heterocycles. The summed E-state index contributed by atoms with van der Waals surface area (Å²) in [4.78, 5) is 0. The smallest absolute Gasteiger partial charge is 0.119 e. The van der Waals surface area contributed by atoms with E-state index in [0.29, 0.717) is 6.61 Å². The average Bonchev–Trinajstić information content (AvgIpc) is 3.00. The topological polar surface area (TPSA) is 47.3 Å². The van der Waals surface area contributed by atoms with Crippen LogP contribution in [-0.2, 0) is 13.0 Å². The highest BCUT2D eigenvalue weighted by atomic mass is 16.5. The Balaban J connectivity index is 1.60. The van der Waals surface area contributed by atoms with E-state index >= 15 is 0 Å². The van der Waals surface area contributed by atoms with E-state index in [9.17, 15) is 5.11 Å². The van der Waals surface area contributed by atoms with Crippen LogP contribution in [0.15, 0.2) is 36.7 Å². The molecule has 0 aliphatic heterocycles. The van der Waals surface area contributed by atoms with Crippen LogP contribution in [0.4, 0.5) is 0 Å². The van der Waals surface area contributed by atoms with Crippen LogP contribution < -0.4 is 4.74 Å². The Bertz CT molecular complexity index is 523. The van der Waals surface area contributed by atoms with Crippen molar-refractivity contribution in [2.45, 2.75) is 25.5 Å². The Labute approximate surface area is 106 Å². The van der Waals surface area contributed by atoms with Crippen molar-refractivity contribution < 1.29 is 9.84 Å². The van der Waals surface area contributed by atoms with Crippen molar-refractivity contribution >= 4 is 0 Å². The van der Waals surface area contributed by atoms with E-state index in [0.717, 1.165) is 30.7 Å². The number of hydrogen-bond donors (Lipinski definition) is 1. The minimum absolute atomic E-state index is 0.293. The molecule has 1 N–H and O–H groups in total. The summed E-state index contributed by atoms with van der Waals surface area (Å²) in [6, 6.07) is 7.83. The minimum atomic E-state index is -0.293. The first-order valence-electron chi connectivity index (χ1n) is 6.24. The Morgan fingerprint density at radius 2 is 2.39 bits per heavy atom. The molecule has 18 heavy (non-hydrogen) atoms. The molecule has 0 saturated heterocycles. The monoisotopic (exact) mass is 244 g/mol. The van der Waals surface area contributed by atoms with Gasteiger partial charge in [0.2, 0.25) is 0 Å². The average molecular weight is 244 g/mol. The lowest BCUT2D eigenvalue weighted by Crippen LogP contribution is -2.08. The van der Waals surface area contributed by atoms with Gasteiger partial charge in [-0.2, -0.15) is 5.10 Å². The van der Waals surface area contributed by atoms with Crippen molar-refractivity contribution in [2.24, 2.45) is 0 Å². The number of benzene rings is 1. The third-order valence-corrected chi connectivity index (χ3v) is 3.31. The first-order chi connectivity index (χ1) is 8.83. The Morgan fingerprint density at radius 1 is 1.44 bits per heavy atom. The third kappa shape index (κ3) is 2.24. The number of aromatic nitrogens is 2. The molecule has 1 aromatic carbocycles. The molecule has 1 aliphatic rings. The molecule has 0 saturated carbocycles. The van der Waals surface area contributed by atoms with Crippen LogP contribution in [0, 0.1) is 0 Å². The summed E-state index contributed by atoms with van der Waals surface area (Å²) < 4.78 is 7.54. The third-order valence-electron chi connectivity index (χ3n) is 3.31. The first kappa shape index (κ1) is 11.3. The maximum absolute atomic E-state index is 9.72. The van der Waals surface area contributed by atoms with E-state index < -0.39 is 0 Å². The van der Waals surface area contributed by atoms with Crippen molar-refractivity contribution in [3.8, 4) is 5.75 Å². The molecule has 94 valence electrons. The molecule has 1 atom stereocenters. The Kier molecular flexibility index (Phi) is 3.02. The van der Waals surface area contributed by atoms with Gasteiger partial charge in [-0.1, -0.05) is 6.07 Å². The predicted octanol–water partition coefficient (Wildman–Crippen LogP) is 1.94. The van der Waals surface area contributed by atoms with Crippen LogP contribution in [-0.4, -0.2) is 21.5 Å². The Morgan fingerprint density at radius 3 is 3.22 bits per heavy atom. The second kappa shape index (κ2) is 4.82. The summed E-state index contributed by atoms with van der Waals surface area (Å²) in [5, 5.41) is 13.8. The van der Waals surface area contributed by atoms with Crippen molar-refractivity contribution in [2.75, 3.05) is 6.61 Å². The number of aliphatic hydroxyl groups is 1. The molecule has 0 unspecified atom stereocenters. The summed E-state index contributed by atoms with van der Waals surface area (Å²) >= 11 is 0. The van der Waals surface area contributed by atoms with Gasteiger partial charge in [-0.25, -0.2) is 0 Å². The first-order valence-corrected chi connectivity index (χ1v) is 6.24. The van der Waals surface area contributed by atoms with Crippen LogP contribution in [0.1, 0.15) is 23.7 Å². The fourth-order valence-corrected chi connectivity index (χ4v) is 2.35. The molecule has 1 aliphatic carbocycles. The lowest BCUT2D eigenvalue weighted by Gasteiger charge is -2.09. The largest absolute Gasteiger partial charge is 0.492 e. The molecule has 2 aromatic rings. The second-order valence-corrected chi connectivity index (χ2v) is 4.53. The molecule has 0 spiro atoms. The number of fused-ring (bicyclic) bond motifs is 1. The van der Waals surface area contributed by atoms with Crippen LogP contribution in [0.5, 0.6) is 5.75 Å². The van der Waals surface area contributed by atoms with Crippen LogP contribution in [0.3, 0.4) is 0 Å². The summed E-state index contributed by atoms with van der Waals surface area (Å²) in [6.07, 6.45) is 5.15. The van der Waals surface area contributed by atoms with Crippen molar-refractivity contribution in [3.05, 3.63) is 47.8 Å². The van der Waals surface area contributed by atoms with E-state index in [1.54, 1.807) is 6.20 Å². The van der Waals surface area contributed by atoms with Gasteiger partial charge in [-0.15, -0.1) is 0 Å². The molecule has 0 radical (unpaired) electrons. The fraction of sp³-hybridized carbons (Fsp3) is 0.357. The molecule has 0 fully saturated rings. The number of aryl methyl sites for hydroxylation is 1. The van der Waals surface area contributed by atoms with Gasteiger partial charge in [-0.3, -0.25) is 4.68 Å². The van der Waals surface area contributed by atoms with E-state index in [1.807, 2.05) is 35.1 Å². The van der Waals surface area contributed by atoms with E-state index in [1.165, 1.54) is 5.56 Å². The van der Waals surface area contributed by atoms with Crippen LogP contribution in [0.2, 0.25) is 0 Å². The number of aliphatic hydroxyl groups excluding tert-OH is 1. The summed E-state index contributed by atoms with van der Waals surface area (Å²) in [7, 11) is 0. The molecule has 0 bridgehead atoms. The summed E-state index contributed by atoms with van der Waals surface area (Å²) in [5.41, 5.74) is 2.26. The molecular weight excluding hydrogens is 228 g/mol. The minimum Gasteiger partial charge on any atom is -0.492 e. The fourth-order valence-electron chi connectivity index (χ4n) is 2.35. The quantitative estimate of drug-likeness (QED) is 0.894.